The van der Waals surface area contributed by atoms with Crippen LogP contribution in [0.25, 0.3) is 0 Å². The van der Waals surface area contributed by atoms with Gasteiger partial charge in [-0.2, -0.15) is 0 Å². The van der Waals surface area contributed by atoms with Crippen molar-refractivity contribution >= 4 is 5.95 Å². The minimum Gasteiger partial charge on any atom is -0.338 e. The molecule has 2 heterocycles. The zero-order valence-electron chi connectivity index (χ0n) is 11.1. The lowest BCUT2D eigenvalue weighted by Gasteiger charge is -2.32. The number of rotatable bonds is 3. The molecule has 0 N–H and O–H groups in total. The van der Waals surface area contributed by atoms with Crippen molar-refractivity contribution in [3.8, 4) is 0 Å². The highest BCUT2D eigenvalue weighted by Crippen LogP contribution is 2.18. The van der Waals surface area contributed by atoms with E-state index in [9.17, 15) is 0 Å². The van der Waals surface area contributed by atoms with Gasteiger partial charge in [0.1, 0.15) is 0 Å². The topological polar surface area (TPSA) is 32.3 Å². The number of hydrogen-bond donors (Lipinski definition) is 0. The van der Waals surface area contributed by atoms with Crippen LogP contribution < -0.4 is 4.90 Å². The quantitative estimate of drug-likeness (QED) is 0.797. The first kappa shape index (κ1) is 12.3. The van der Waals surface area contributed by atoms with Crippen molar-refractivity contribution in [2.24, 2.45) is 0 Å². The van der Waals surface area contributed by atoms with Gasteiger partial charge in [-0.05, 0) is 24.9 Å². The van der Waals surface area contributed by atoms with E-state index >= 15 is 0 Å². The molecule has 1 saturated heterocycles. The van der Waals surface area contributed by atoms with Gasteiger partial charge in [-0.15, -0.1) is 0 Å². The predicted octanol–water partition coefficient (Wildman–Crippen LogP) is 1.74. The van der Waals surface area contributed by atoms with Crippen LogP contribution in [0.1, 0.15) is 31.7 Å². The van der Waals surface area contributed by atoms with E-state index in [0.717, 1.165) is 38.5 Å². The molecule has 1 aliphatic rings. The van der Waals surface area contributed by atoms with E-state index in [0.29, 0.717) is 5.92 Å². The zero-order chi connectivity index (χ0) is 12.3. The molecular weight excluding hydrogens is 212 g/mol. The number of likely N-dealkylation sites (N-methyl/N-ethyl adjacent to an activating group) is 1. The van der Waals surface area contributed by atoms with Crippen LogP contribution in [0, 0.1) is 0 Å². The monoisotopic (exact) mass is 234 g/mol. The van der Waals surface area contributed by atoms with E-state index in [-0.39, 0.29) is 0 Å². The summed E-state index contributed by atoms with van der Waals surface area (Å²) in [7, 11) is 2.16. The summed E-state index contributed by atoms with van der Waals surface area (Å²) in [5, 5.41) is 0. The van der Waals surface area contributed by atoms with Crippen LogP contribution in [-0.2, 0) is 0 Å². The summed E-state index contributed by atoms with van der Waals surface area (Å²) >= 11 is 0. The van der Waals surface area contributed by atoms with Crippen molar-refractivity contribution in [2.75, 3.05) is 38.1 Å². The number of anilines is 1. The van der Waals surface area contributed by atoms with Crippen LogP contribution in [0.15, 0.2) is 12.4 Å². The molecule has 0 unspecified atom stereocenters. The van der Waals surface area contributed by atoms with Crippen LogP contribution in [0.5, 0.6) is 0 Å². The van der Waals surface area contributed by atoms with Gasteiger partial charge >= 0.3 is 0 Å². The van der Waals surface area contributed by atoms with Crippen LogP contribution in [0.4, 0.5) is 5.95 Å². The Hall–Kier alpha value is -1.16. The van der Waals surface area contributed by atoms with Crippen LogP contribution in [0.3, 0.4) is 0 Å². The molecule has 0 bridgehead atoms. The van der Waals surface area contributed by atoms with Crippen molar-refractivity contribution in [1.82, 2.24) is 14.9 Å². The third kappa shape index (κ3) is 2.94. The maximum Gasteiger partial charge on any atom is 0.225 e. The molecule has 94 valence electrons. The van der Waals surface area contributed by atoms with E-state index in [2.05, 4.69) is 40.7 Å². The fraction of sp³-hybridized carbons (Fsp3) is 0.692. The Morgan fingerprint density at radius 3 is 2.29 bits per heavy atom. The van der Waals surface area contributed by atoms with E-state index in [4.69, 9.17) is 0 Å². The highest BCUT2D eigenvalue weighted by molar-refractivity contribution is 5.31. The van der Waals surface area contributed by atoms with E-state index in [1.165, 1.54) is 5.56 Å². The van der Waals surface area contributed by atoms with Crippen molar-refractivity contribution in [2.45, 2.75) is 26.2 Å². The Balaban J connectivity index is 2.02. The third-order valence-electron chi connectivity index (χ3n) is 3.63. The normalized spacial score (nSPS) is 19.4. The number of aromatic nitrogens is 2. The average Bonchev–Trinajstić information content (AvgIpc) is 2.39. The second-order valence-corrected chi connectivity index (χ2v) is 4.92. The highest BCUT2D eigenvalue weighted by atomic mass is 15.3. The maximum atomic E-state index is 4.49. The molecule has 1 atom stereocenters. The van der Waals surface area contributed by atoms with Gasteiger partial charge in [0.15, 0.2) is 0 Å². The smallest absolute Gasteiger partial charge is 0.225 e. The second kappa shape index (κ2) is 5.45. The van der Waals surface area contributed by atoms with E-state index in [1.54, 1.807) is 0 Å². The molecule has 0 spiro atoms. The van der Waals surface area contributed by atoms with Crippen molar-refractivity contribution in [3.05, 3.63) is 18.0 Å². The van der Waals surface area contributed by atoms with Crippen LogP contribution >= 0.6 is 0 Å². The molecule has 1 aromatic heterocycles. The minimum absolute atomic E-state index is 0.552. The van der Waals surface area contributed by atoms with Gasteiger partial charge in [0.05, 0.1) is 0 Å². The first-order valence-electron chi connectivity index (χ1n) is 6.46. The molecule has 0 aromatic carbocycles. The highest BCUT2D eigenvalue weighted by Gasteiger charge is 2.16. The first-order chi connectivity index (χ1) is 8.20. The second-order valence-electron chi connectivity index (χ2n) is 4.92. The lowest BCUT2D eigenvalue weighted by atomic mass is 10.0. The summed E-state index contributed by atoms with van der Waals surface area (Å²) in [6.07, 6.45) is 5.10. The number of nitrogens with zero attached hydrogens (tertiary/aromatic N) is 4. The minimum atomic E-state index is 0.552. The standard InChI is InChI=1S/C13H22N4/c1-4-11(2)12-9-14-13(15-10-12)17-7-5-16(3)6-8-17/h9-11H,4-8H2,1-3H3/t11-/m0/s1. The van der Waals surface area contributed by atoms with Gasteiger partial charge in [0.25, 0.3) is 0 Å². The number of hydrogen-bond acceptors (Lipinski definition) is 4. The Morgan fingerprint density at radius 2 is 1.76 bits per heavy atom. The maximum absolute atomic E-state index is 4.49. The molecule has 0 aliphatic carbocycles. The lowest BCUT2D eigenvalue weighted by Crippen LogP contribution is -2.45. The van der Waals surface area contributed by atoms with Gasteiger partial charge in [-0.1, -0.05) is 13.8 Å². The fourth-order valence-corrected chi connectivity index (χ4v) is 1.99. The molecule has 4 nitrogen and oxygen atoms in total. The Labute approximate surface area is 104 Å². The van der Waals surface area contributed by atoms with Crippen molar-refractivity contribution < 1.29 is 0 Å². The summed E-state index contributed by atoms with van der Waals surface area (Å²) in [5.74, 6) is 1.43. The van der Waals surface area contributed by atoms with Gasteiger partial charge in [0.2, 0.25) is 5.95 Å². The molecule has 1 fully saturated rings. The van der Waals surface area contributed by atoms with E-state index in [1.807, 2.05) is 12.4 Å². The Morgan fingerprint density at radius 1 is 1.18 bits per heavy atom. The Bertz CT molecular complexity index is 341. The molecule has 17 heavy (non-hydrogen) atoms. The molecule has 2 rings (SSSR count). The van der Waals surface area contributed by atoms with E-state index < -0.39 is 0 Å². The molecule has 0 radical (unpaired) electrons. The van der Waals surface area contributed by atoms with Gasteiger partial charge in [-0.3, -0.25) is 0 Å². The molecule has 0 amide bonds. The van der Waals surface area contributed by atoms with Crippen LogP contribution in [0.2, 0.25) is 0 Å². The van der Waals surface area contributed by atoms with Gasteiger partial charge < -0.3 is 9.80 Å². The molecule has 1 aliphatic heterocycles. The lowest BCUT2D eigenvalue weighted by molar-refractivity contribution is 0.311. The molecule has 4 heteroatoms. The van der Waals surface area contributed by atoms with Gasteiger partial charge in [-0.25, -0.2) is 9.97 Å². The summed E-state index contributed by atoms with van der Waals surface area (Å²) in [4.78, 5) is 13.6. The number of piperazine rings is 1. The first-order valence-corrected chi connectivity index (χ1v) is 6.46. The molecular formula is C13H22N4. The van der Waals surface area contributed by atoms with Crippen molar-refractivity contribution in [1.29, 1.82) is 0 Å². The molecule has 0 saturated carbocycles. The Kier molecular flexibility index (Phi) is 3.94. The fourth-order valence-electron chi connectivity index (χ4n) is 1.99. The predicted molar refractivity (Wildman–Crippen MR) is 70.4 cm³/mol. The summed E-state index contributed by atoms with van der Waals surface area (Å²) in [6, 6.07) is 0. The summed E-state index contributed by atoms with van der Waals surface area (Å²) < 4.78 is 0. The van der Waals surface area contributed by atoms with Crippen molar-refractivity contribution in [3.63, 3.8) is 0 Å². The molecule has 1 aromatic rings. The third-order valence-corrected chi connectivity index (χ3v) is 3.63. The SMILES string of the molecule is CC[C@H](C)c1cnc(N2CCN(C)CC2)nc1. The largest absolute Gasteiger partial charge is 0.338 e. The zero-order valence-corrected chi connectivity index (χ0v) is 11.1. The summed E-state index contributed by atoms with van der Waals surface area (Å²) in [6.45, 7) is 8.65. The average molecular weight is 234 g/mol. The summed E-state index contributed by atoms with van der Waals surface area (Å²) in [5.41, 5.74) is 1.24. The van der Waals surface area contributed by atoms with Gasteiger partial charge in [0, 0.05) is 38.6 Å². The van der Waals surface area contributed by atoms with Crippen LogP contribution in [-0.4, -0.2) is 48.1 Å².